The molecule has 100 valence electrons. The maximum Gasteiger partial charge on any atom is 0.254 e. The number of nitrogens with two attached hydrogens (primary N) is 1. The van der Waals surface area contributed by atoms with E-state index >= 15 is 0 Å². The Balaban J connectivity index is 2.95. The van der Waals surface area contributed by atoms with Gasteiger partial charge >= 0.3 is 0 Å². The van der Waals surface area contributed by atoms with Crippen LogP contribution in [-0.2, 0) is 0 Å². The van der Waals surface area contributed by atoms with Gasteiger partial charge in [0.05, 0.1) is 6.61 Å². The minimum atomic E-state index is -0.0648. The molecule has 0 fully saturated rings. The minimum absolute atomic E-state index is 0.0233. The molecule has 0 saturated heterocycles. The van der Waals surface area contributed by atoms with Crippen molar-refractivity contribution < 1.29 is 9.90 Å². The number of hydrogen-bond acceptors (Lipinski definition) is 3. The van der Waals surface area contributed by atoms with Gasteiger partial charge in [-0.2, -0.15) is 0 Å². The van der Waals surface area contributed by atoms with Crippen LogP contribution in [0.15, 0.2) is 24.3 Å². The van der Waals surface area contributed by atoms with Crippen LogP contribution in [0.2, 0.25) is 0 Å². The van der Waals surface area contributed by atoms with Gasteiger partial charge in [0.25, 0.3) is 5.91 Å². The van der Waals surface area contributed by atoms with Crippen LogP contribution in [0.1, 0.15) is 37.0 Å². The molecule has 1 rings (SSSR count). The van der Waals surface area contributed by atoms with Gasteiger partial charge in [0, 0.05) is 23.8 Å². The SMILES string of the molecule is CCC(CC)N(CCO)C(=O)c1cccc(N)c1. The summed E-state index contributed by atoms with van der Waals surface area (Å²) in [5, 5.41) is 9.11. The summed E-state index contributed by atoms with van der Waals surface area (Å²) in [7, 11) is 0. The van der Waals surface area contributed by atoms with Crippen molar-refractivity contribution in [3.8, 4) is 0 Å². The summed E-state index contributed by atoms with van der Waals surface area (Å²) in [6.45, 7) is 4.43. The average Bonchev–Trinajstić information content (AvgIpc) is 2.38. The molecule has 4 nitrogen and oxygen atoms in total. The van der Waals surface area contributed by atoms with E-state index in [2.05, 4.69) is 0 Å². The summed E-state index contributed by atoms with van der Waals surface area (Å²) in [4.78, 5) is 14.1. The summed E-state index contributed by atoms with van der Waals surface area (Å²) in [5.74, 6) is -0.0648. The molecule has 18 heavy (non-hydrogen) atoms. The van der Waals surface area contributed by atoms with Crippen LogP contribution >= 0.6 is 0 Å². The predicted molar refractivity (Wildman–Crippen MR) is 73.3 cm³/mol. The Bertz CT molecular complexity index is 389. The number of amides is 1. The summed E-state index contributed by atoms with van der Waals surface area (Å²) in [5.41, 5.74) is 6.85. The lowest BCUT2D eigenvalue weighted by Crippen LogP contribution is -2.41. The van der Waals surface area contributed by atoms with Gasteiger partial charge in [0.1, 0.15) is 0 Å². The molecule has 0 atom stereocenters. The normalized spacial score (nSPS) is 10.7. The molecule has 0 saturated carbocycles. The van der Waals surface area contributed by atoms with Gasteiger partial charge in [-0.1, -0.05) is 19.9 Å². The number of hydrogen-bond donors (Lipinski definition) is 2. The van der Waals surface area contributed by atoms with Gasteiger partial charge in [0.2, 0.25) is 0 Å². The lowest BCUT2D eigenvalue weighted by atomic mass is 10.1. The monoisotopic (exact) mass is 250 g/mol. The second-order valence-corrected chi connectivity index (χ2v) is 4.32. The average molecular weight is 250 g/mol. The molecular weight excluding hydrogens is 228 g/mol. The second-order valence-electron chi connectivity index (χ2n) is 4.32. The lowest BCUT2D eigenvalue weighted by molar-refractivity contribution is 0.0622. The fourth-order valence-corrected chi connectivity index (χ4v) is 2.12. The Hall–Kier alpha value is -1.55. The number of anilines is 1. The van der Waals surface area contributed by atoms with E-state index in [1.807, 2.05) is 13.8 Å². The number of benzene rings is 1. The Morgan fingerprint density at radius 2 is 2.06 bits per heavy atom. The first-order valence-electron chi connectivity index (χ1n) is 6.41. The van der Waals surface area contributed by atoms with Gasteiger partial charge in [0.15, 0.2) is 0 Å². The van der Waals surface area contributed by atoms with Crippen molar-refractivity contribution in [2.45, 2.75) is 32.7 Å². The third kappa shape index (κ3) is 3.47. The van der Waals surface area contributed by atoms with Crippen LogP contribution in [0.3, 0.4) is 0 Å². The number of aliphatic hydroxyl groups excluding tert-OH is 1. The summed E-state index contributed by atoms with van der Waals surface area (Å²) >= 11 is 0. The third-order valence-electron chi connectivity index (χ3n) is 3.12. The fraction of sp³-hybridized carbons (Fsp3) is 0.500. The highest BCUT2D eigenvalue weighted by Crippen LogP contribution is 2.15. The van der Waals surface area contributed by atoms with Crippen LogP contribution < -0.4 is 5.73 Å². The topological polar surface area (TPSA) is 66.6 Å². The maximum absolute atomic E-state index is 12.4. The zero-order valence-corrected chi connectivity index (χ0v) is 11.1. The van der Waals surface area contributed by atoms with E-state index in [1.54, 1.807) is 29.2 Å². The van der Waals surface area contributed by atoms with Crippen LogP contribution in [0.5, 0.6) is 0 Å². The van der Waals surface area contributed by atoms with Gasteiger partial charge in [-0.05, 0) is 31.0 Å². The first-order valence-corrected chi connectivity index (χ1v) is 6.41. The van der Waals surface area contributed by atoms with Gasteiger partial charge in [-0.15, -0.1) is 0 Å². The highest BCUT2D eigenvalue weighted by Gasteiger charge is 2.21. The molecule has 0 unspecified atom stereocenters. The molecule has 0 aliphatic rings. The van der Waals surface area contributed by atoms with E-state index in [0.29, 0.717) is 17.8 Å². The number of rotatable bonds is 6. The molecule has 1 aromatic rings. The van der Waals surface area contributed by atoms with E-state index < -0.39 is 0 Å². The highest BCUT2D eigenvalue weighted by atomic mass is 16.3. The number of nitrogens with zero attached hydrogens (tertiary/aromatic N) is 1. The molecule has 0 aromatic heterocycles. The smallest absolute Gasteiger partial charge is 0.254 e. The van der Waals surface area contributed by atoms with Crippen LogP contribution in [-0.4, -0.2) is 35.1 Å². The maximum atomic E-state index is 12.4. The number of carbonyl (C=O) groups excluding carboxylic acids is 1. The molecule has 0 aliphatic heterocycles. The molecule has 0 radical (unpaired) electrons. The van der Waals surface area contributed by atoms with Crippen molar-refractivity contribution in [3.63, 3.8) is 0 Å². The Kier molecular flexibility index (Phi) is 5.65. The Morgan fingerprint density at radius 1 is 1.39 bits per heavy atom. The van der Waals surface area contributed by atoms with Gasteiger partial charge in [-0.3, -0.25) is 4.79 Å². The fourth-order valence-electron chi connectivity index (χ4n) is 2.12. The summed E-state index contributed by atoms with van der Waals surface area (Å²) < 4.78 is 0. The zero-order chi connectivity index (χ0) is 13.5. The first kappa shape index (κ1) is 14.5. The summed E-state index contributed by atoms with van der Waals surface area (Å²) in [6.07, 6.45) is 1.76. The molecule has 0 bridgehead atoms. The van der Waals surface area contributed by atoms with Crippen molar-refractivity contribution >= 4 is 11.6 Å². The van der Waals surface area contributed by atoms with E-state index in [9.17, 15) is 4.79 Å². The number of nitrogen functional groups attached to an aromatic ring is 1. The van der Waals surface area contributed by atoms with Crippen molar-refractivity contribution in [2.75, 3.05) is 18.9 Å². The van der Waals surface area contributed by atoms with Gasteiger partial charge < -0.3 is 15.7 Å². The third-order valence-corrected chi connectivity index (χ3v) is 3.12. The Morgan fingerprint density at radius 3 is 2.56 bits per heavy atom. The molecule has 4 heteroatoms. The molecule has 1 aromatic carbocycles. The van der Waals surface area contributed by atoms with E-state index in [-0.39, 0.29) is 18.6 Å². The zero-order valence-electron chi connectivity index (χ0n) is 11.1. The number of carbonyl (C=O) groups is 1. The quantitative estimate of drug-likeness (QED) is 0.758. The molecule has 0 heterocycles. The Labute approximate surface area is 108 Å². The molecular formula is C14H22N2O2. The van der Waals surface area contributed by atoms with Crippen LogP contribution in [0.4, 0.5) is 5.69 Å². The van der Waals surface area contributed by atoms with Crippen LogP contribution in [0.25, 0.3) is 0 Å². The van der Waals surface area contributed by atoms with E-state index in [0.717, 1.165) is 12.8 Å². The standard InChI is InChI=1S/C14H22N2O2/c1-3-13(4-2)16(8-9-17)14(18)11-6-5-7-12(15)10-11/h5-7,10,13,17H,3-4,8-9,15H2,1-2H3. The minimum Gasteiger partial charge on any atom is -0.399 e. The predicted octanol–water partition coefficient (Wildman–Crippen LogP) is 1.89. The molecule has 1 amide bonds. The van der Waals surface area contributed by atoms with Crippen molar-refractivity contribution in [1.29, 1.82) is 0 Å². The van der Waals surface area contributed by atoms with Crippen molar-refractivity contribution in [3.05, 3.63) is 29.8 Å². The highest BCUT2D eigenvalue weighted by molar-refractivity contribution is 5.95. The largest absolute Gasteiger partial charge is 0.399 e. The molecule has 3 N–H and O–H groups in total. The lowest BCUT2D eigenvalue weighted by Gasteiger charge is -2.30. The van der Waals surface area contributed by atoms with Crippen molar-refractivity contribution in [2.24, 2.45) is 0 Å². The van der Waals surface area contributed by atoms with E-state index in [4.69, 9.17) is 10.8 Å². The van der Waals surface area contributed by atoms with E-state index in [1.165, 1.54) is 0 Å². The second kappa shape index (κ2) is 7.01. The summed E-state index contributed by atoms with van der Waals surface area (Å²) in [6, 6.07) is 7.11. The van der Waals surface area contributed by atoms with Crippen LogP contribution in [0, 0.1) is 0 Å². The molecule has 0 spiro atoms. The first-order chi connectivity index (χ1) is 8.63. The van der Waals surface area contributed by atoms with Crippen molar-refractivity contribution in [1.82, 2.24) is 4.90 Å². The molecule has 0 aliphatic carbocycles. The number of aliphatic hydroxyl groups is 1. The van der Waals surface area contributed by atoms with Gasteiger partial charge in [-0.25, -0.2) is 0 Å².